The number of anilines is 1. The van der Waals surface area contributed by atoms with Gasteiger partial charge in [-0.1, -0.05) is 17.7 Å². The van der Waals surface area contributed by atoms with Gasteiger partial charge in [-0.25, -0.2) is 9.18 Å². The Bertz CT molecular complexity index is 779. The fourth-order valence-corrected chi connectivity index (χ4v) is 2.16. The van der Waals surface area contributed by atoms with E-state index in [9.17, 15) is 14.0 Å². The summed E-state index contributed by atoms with van der Waals surface area (Å²) in [4.78, 5) is 23.8. The van der Waals surface area contributed by atoms with E-state index < -0.39 is 24.3 Å². The van der Waals surface area contributed by atoms with Crippen LogP contribution in [-0.4, -0.2) is 25.6 Å². The molecule has 2 aromatic carbocycles. The van der Waals surface area contributed by atoms with Crippen LogP contribution in [0.15, 0.2) is 36.4 Å². The molecule has 0 atom stereocenters. The largest absolute Gasteiger partial charge is 0.495 e. The molecular weight excluding hydrogens is 337 g/mol. The Kier molecular flexibility index (Phi) is 5.76. The summed E-state index contributed by atoms with van der Waals surface area (Å²) in [6.45, 7) is 1.32. The lowest BCUT2D eigenvalue weighted by atomic mass is 10.2. The summed E-state index contributed by atoms with van der Waals surface area (Å²) in [5, 5.41) is 2.63. The second kappa shape index (κ2) is 7.79. The molecular formula is C17H15ClFNO4. The Balaban J connectivity index is 2.00. The Labute approximate surface area is 143 Å². The van der Waals surface area contributed by atoms with E-state index in [1.165, 1.54) is 13.2 Å². The predicted molar refractivity (Wildman–Crippen MR) is 88.1 cm³/mol. The molecule has 0 aliphatic rings. The van der Waals surface area contributed by atoms with Crippen molar-refractivity contribution in [3.05, 3.63) is 58.4 Å². The minimum absolute atomic E-state index is 0.0437. The molecule has 0 radical (unpaired) electrons. The second-order valence-corrected chi connectivity index (χ2v) is 5.36. The van der Waals surface area contributed by atoms with Gasteiger partial charge in [0.1, 0.15) is 11.6 Å². The molecule has 126 valence electrons. The Morgan fingerprint density at radius 3 is 2.67 bits per heavy atom. The summed E-state index contributed by atoms with van der Waals surface area (Å²) in [7, 11) is 1.48. The van der Waals surface area contributed by atoms with Crippen molar-refractivity contribution in [3.63, 3.8) is 0 Å². The van der Waals surface area contributed by atoms with Gasteiger partial charge in [0.25, 0.3) is 5.91 Å². The molecule has 5 nitrogen and oxygen atoms in total. The number of carbonyl (C=O) groups is 2. The lowest BCUT2D eigenvalue weighted by Crippen LogP contribution is -2.21. The first-order valence-electron chi connectivity index (χ1n) is 6.97. The average Bonchev–Trinajstić information content (AvgIpc) is 2.55. The van der Waals surface area contributed by atoms with Crippen LogP contribution in [0.3, 0.4) is 0 Å². The molecule has 1 N–H and O–H groups in total. The zero-order valence-corrected chi connectivity index (χ0v) is 13.8. The molecule has 24 heavy (non-hydrogen) atoms. The van der Waals surface area contributed by atoms with Gasteiger partial charge in [-0.3, -0.25) is 4.79 Å². The zero-order chi connectivity index (χ0) is 17.7. The highest BCUT2D eigenvalue weighted by Gasteiger charge is 2.15. The number of aryl methyl sites for hydroxylation is 1. The third kappa shape index (κ3) is 4.45. The highest BCUT2D eigenvalue weighted by molar-refractivity contribution is 6.33. The van der Waals surface area contributed by atoms with Gasteiger partial charge in [-0.15, -0.1) is 0 Å². The van der Waals surface area contributed by atoms with Gasteiger partial charge >= 0.3 is 5.97 Å². The van der Waals surface area contributed by atoms with Crippen LogP contribution in [0.1, 0.15) is 15.9 Å². The molecule has 0 heterocycles. The van der Waals surface area contributed by atoms with E-state index in [1.54, 1.807) is 12.1 Å². The second-order valence-electron chi connectivity index (χ2n) is 4.95. The minimum Gasteiger partial charge on any atom is -0.495 e. The Hall–Kier alpha value is -2.60. The van der Waals surface area contributed by atoms with Gasteiger partial charge in [0.2, 0.25) is 0 Å². The Morgan fingerprint density at radius 1 is 1.21 bits per heavy atom. The number of methoxy groups -OCH3 is 1. The van der Waals surface area contributed by atoms with E-state index in [-0.39, 0.29) is 10.6 Å². The highest BCUT2D eigenvalue weighted by atomic mass is 35.5. The van der Waals surface area contributed by atoms with Crippen molar-refractivity contribution in [2.75, 3.05) is 19.0 Å². The monoisotopic (exact) mass is 351 g/mol. The molecule has 0 saturated carbocycles. The van der Waals surface area contributed by atoms with Crippen molar-refractivity contribution in [1.29, 1.82) is 0 Å². The number of benzene rings is 2. The topological polar surface area (TPSA) is 64.6 Å². The molecule has 0 aliphatic heterocycles. The summed E-state index contributed by atoms with van der Waals surface area (Å²) < 4.78 is 23.2. The van der Waals surface area contributed by atoms with Gasteiger partial charge in [0, 0.05) is 0 Å². The molecule has 0 aromatic heterocycles. The lowest BCUT2D eigenvalue weighted by molar-refractivity contribution is -0.119. The van der Waals surface area contributed by atoms with Crippen LogP contribution in [0, 0.1) is 12.7 Å². The van der Waals surface area contributed by atoms with E-state index in [1.807, 2.05) is 13.0 Å². The number of carbonyl (C=O) groups excluding carboxylic acids is 2. The van der Waals surface area contributed by atoms with E-state index in [4.69, 9.17) is 21.1 Å². The fourth-order valence-electron chi connectivity index (χ4n) is 1.97. The van der Waals surface area contributed by atoms with Gasteiger partial charge in [-0.2, -0.15) is 0 Å². The summed E-state index contributed by atoms with van der Waals surface area (Å²) in [5.74, 6) is -1.58. The van der Waals surface area contributed by atoms with Crippen LogP contribution in [0.25, 0.3) is 0 Å². The van der Waals surface area contributed by atoms with Crippen molar-refractivity contribution in [2.24, 2.45) is 0 Å². The van der Waals surface area contributed by atoms with Crippen molar-refractivity contribution >= 4 is 29.2 Å². The van der Waals surface area contributed by atoms with Crippen LogP contribution in [0.2, 0.25) is 5.02 Å². The smallest absolute Gasteiger partial charge is 0.340 e. The Morgan fingerprint density at radius 2 is 1.96 bits per heavy atom. The average molecular weight is 352 g/mol. The van der Waals surface area contributed by atoms with E-state index in [0.29, 0.717) is 11.4 Å². The molecule has 2 aromatic rings. The van der Waals surface area contributed by atoms with Gasteiger partial charge in [-0.05, 0) is 42.8 Å². The first-order chi connectivity index (χ1) is 11.4. The quantitative estimate of drug-likeness (QED) is 0.836. The van der Waals surface area contributed by atoms with Gasteiger partial charge in [0.05, 0.1) is 23.4 Å². The summed E-state index contributed by atoms with van der Waals surface area (Å²) >= 11 is 5.81. The standard InChI is InChI=1S/C17H15ClFNO4/c1-10-3-6-15(23-2)14(7-10)20-16(21)9-24-17(22)12-8-11(19)4-5-13(12)18/h3-8H,9H2,1-2H3,(H,20,21). The molecule has 1 amide bonds. The molecule has 0 unspecified atom stereocenters. The third-order valence-corrected chi connectivity index (χ3v) is 3.44. The summed E-state index contributed by atoms with van der Waals surface area (Å²) in [5.41, 5.74) is 1.24. The van der Waals surface area contributed by atoms with Crippen LogP contribution in [0.4, 0.5) is 10.1 Å². The maximum absolute atomic E-state index is 13.2. The van der Waals surface area contributed by atoms with Gasteiger partial charge < -0.3 is 14.8 Å². The zero-order valence-electron chi connectivity index (χ0n) is 13.1. The molecule has 0 fully saturated rings. The summed E-state index contributed by atoms with van der Waals surface area (Å²) in [6.07, 6.45) is 0. The van der Waals surface area contributed by atoms with Crippen LogP contribution in [-0.2, 0) is 9.53 Å². The minimum atomic E-state index is -0.883. The van der Waals surface area contributed by atoms with Crippen LogP contribution < -0.4 is 10.1 Å². The van der Waals surface area contributed by atoms with Crippen molar-refractivity contribution in [2.45, 2.75) is 6.92 Å². The number of hydrogen-bond acceptors (Lipinski definition) is 4. The third-order valence-electron chi connectivity index (χ3n) is 3.11. The summed E-state index contributed by atoms with van der Waals surface area (Å²) in [6, 6.07) is 8.58. The number of amides is 1. The SMILES string of the molecule is COc1ccc(C)cc1NC(=O)COC(=O)c1cc(F)ccc1Cl. The number of esters is 1. The first-order valence-corrected chi connectivity index (χ1v) is 7.35. The fraction of sp³-hybridized carbons (Fsp3) is 0.176. The number of nitrogens with one attached hydrogen (secondary N) is 1. The molecule has 0 saturated heterocycles. The van der Waals surface area contributed by atoms with Crippen molar-refractivity contribution in [1.82, 2.24) is 0 Å². The number of halogens is 2. The molecule has 0 bridgehead atoms. The first kappa shape index (κ1) is 17.7. The lowest BCUT2D eigenvalue weighted by Gasteiger charge is -2.11. The van der Waals surface area contributed by atoms with Crippen molar-refractivity contribution in [3.8, 4) is 5.75 Å². The number of hydrogen-bond donors (Lipinski definition) is 1. The van der Waals surface area contributed by atoms with E-state index in [0.717, 1.165) is 17.7 Å². The number of ether oxygens (including phenoxy) is 2. The molecule has 0 spiro atoms. The number of rotatable bonds is 5. The molecule has 0 aliphatic carbocycles. The van der Waals surface area contributed by atoms with Crippen LogP contribution >= 0.6 is 11.6 Å². The molecule has 2 rings (SSSR count). The van der Waals surface area contributed by atoms with E-state index >= 15 is 0 Å². The normalized spacial score (nSPS) is 10.2. The highest BCUT2D eigenvalue weighted by Crippen LogP contribution is 2.25. The van der Waals surface area contributed by atoms with Gasteiger partial charge in [0.15, 0.2) is 6.61 Å². The van der Waals surface area contributed by atoms with Crippen LogP contribution in [0.5, 0.6) is 5.75 Å². The maximum Gasteiger partial charge on any atom is 0.340 e. The molecule has 7 heteroatoms. The predicted octanol–water partition coefficient (Wildman–Crippen LogP) is 3.59. The maximum atomic E-state index is 13.2. The van der Waals surface area contributed by atoms with E-state index in [2.05, 4.69) is 5.32 Å². The van der Waals surface area contributed by atoms with Crippen molar-refractivity contribution < 1.29 is 23.5 Å².